The topological polar surface area (TPSA) is 32.7 Å². The number of aliphatic hydroxyl groups is 1. The van der Waals surface area contributed by atoms with E-state index in [4.69, 9.17) is 4.74 Å². The van der Waals surface area contributed by atoms with E-state index >= 15 is 0 Å². The SMILES string of the molecule is OC(COc1ccccc1)N1CCCCC1. The highest BCUT2D eigenvalue weighted by atomic mass is 16.5. The van der Waals surface area contributed by atoms with Crippen LogP contribution in [0.1, 0.15) is 19.3 Å². The van der Waals surface area contributed by atoms with E-state index < -0.39 is 6.23 Å². The van der Waals surface area contributed by atoms with Gasteiger partial charge in [0.2, 0.25) is 0 Å². The highest BCUT2D eigenvalue weighted by Gasteiger charge is 2.18. The Labute approximate surface area is 96.6 Å². The fraction of sp³-hybridized carbons (Fsp3) is 0.538. The van der Waals surface area contributed by atoms with Crippen molar-refractivity contribution in [3.63, 3.8) is 0 Å². The van der Waals surface area contributed by atoms with Crippen LogP contribution in [-0.2, 0) is 0 Å². The zero-order valence-corrected chi connectivity index (χ0v) is 9.51. The van der Waals surface area contributed by atoms with Gasteiger partial charge in [0, 0.05) is 13.1 Å². The van der Waals surface area contributed by atoms with E-state index in [0.29, 0.717) is 6.61 Å². The second-order valence-corrected chi connectivity index (χ2v) is 4.20. The molecule has 2 rings (SSSR count). The summed E-state index contributed by atoms with van der Waals surface area (Å²) in [6, 6.07) is 9.63. The molecule has 0 spiro atoms. The summed E-state index contributed by atoms with van der Waals surface area (Å²) in [4.78, 5) is 2.09. The lowest BCUT2D eigenvalue weighted by atomic mass is 10.1. The number of hydrogen-bond acceptors (Lipinski definition) is 3. The molecule has 16 heavy (non-hydrogen) atoms. The molecule has 0 amide bonds. The van der Waals surface area contributed by atoms with Gasteiger partial charge < -0.3 is 9.84 Å². The van der Waals surface area contributed by atoms with E-state index in [1.54, 1.807) is 0 Å². The molecule has 3 heteroatoms. The van der Waals surface area contributed by atoms with Crippen LogP contribution in [0, 0.1) is 0 Å². The lowest BCUT2D eigenvalue weighted by Crippen LogP contribution is -2.42. The molecule has 3 nitrogen and oxygen atoms in total. The molecule has 1 saturated heterocycles. The molecule has 0 aromatic heterocycles. The molecular formula is C13H19NO2. The van der Waals surface area contributed by atoms with Gasteiger partial charge in [0.25, 0.3) is 0 Å². The first-order chi connectivity index (χ1) is 7.86. The van der Waals surface area contributed by atoms with Crippen LogP contribution < -0.4 is 4.74 Å². The molecule has 0 saturated carbocycles. The summed E-state index contributed by atoms with van der Waals surface area (Å²) in [5.41, 5.74) is 0. The third-order valence-corrected chi connectivity index (χ3v) is 2.95. The highest BCUT2D eigenvalue weighted by molar-refractivity contribution is 5.20. The van der Waals surface area contributed by atoms with Gasteiger partial charge >= 0.3 is 0 Å². The van der Waals surface area contributed by atoms with Crippen LogP contribution in [0.15, 0.2) is 30.3 Å². The zero-order valence-electron chi connectivity index (χ0n) is 9.51. The van der Waals surface area contributed by atoms with Gasteiger partial charge in [-0.3, -0.25) is 4.90 Å². The number of piperidine rings is 1. The molecule has 1 heterocycles. The van der Waals surface area contributed by atoms with Crippen LogP contribution >= 0.6 is 0 Å². The Morgan fingerprint density at radius 1 is 1.12 bits per heavy atom. The quantitative estimate of drug-likeness (QED) is 0.842. The van der Waals surface area contributed by atoms with Crippen LogP contribution in [0.5, 0.6) is 5.75 Å². The molecule has 0 aliphatic carbocycles. The summed E-state index contributed by atoms with van der Waals surface area (Å²) in [7, 11) is 0. The summed E-state index contributed by atoms with van der Waals surface area (Å²) in [5, 5.41) is 9.94. The number of ether oxygens (including phenoxy) is 1. The first kappa shape index (κ1) is 11.4. The standard InChI is InChI=1S/C13H19NO2/c15-13(14-9-5-2-6-10-14)11-16-12-7-3-1-4-8-12/h1,3-4,7-8,13,15H,2,5-6,9-11H2. The first-order valence-electron chi connectivity index (χ1n) is 5.96. The average Bonchev–Trinajstić information content (AvgIpc) is 2.38. The number of nitrogens with zero attached hydrogens (tertiary/aromatic N) is 1. The Kier molecular flexibility index (Phi) is 4.19. The van der Waals surface area contributed by atoms with Gasteiger partial charge in [0.05, 0.1) is 0 Å². The Hall–Kier alpha value is -1.06. The molecule has 1 aromatic carbocycles. The lowest BCUT2D eigenvalue weighted by Gasteiger charge is -2.30. The minimum atomic E-state index is -0.472. The number of rotatable bonds is 4. The second kappa shape index (κ2) is 5.87. The minimum Gasteiger partial charge on any atom is -0.489 e. The van der Waals surface area contributed by atoms with Gasteiger partial charge in [0.15, 0.2) is 0 Å². The maximum Gasteiger partial charge on any atom is 0.141 e. The molecule has 1 aromatic rings. The van der Waals surface area contributed by atoms with E-state index in [0.717, 1.165) is 18.8 Å². The van der Waals surface area contributed by atoms with E-state index in [9.17, 15) is 5.11 Å². The monoisotopic (exact) mass is 221 g/mol. The summed E-state index contributed by atoms with van der Waals surface area (Å²) >= 11 is 0. The van der Waals surface area contributed by atoms with Crippen molar-refractivity contribution < 1.29 is 9.84 Å². The van der Waals surface area contributed by atoms with E-state index in [2.05, 4.69) is 4.90 Å². The molecule has 1 unspecified atom stereocenters. The van der Waals surface area contributed by atoms with Crippen LogP contribution in [0.4, 0.5) is 0 Å². The zero-order chi connectivity index (χ0) is 11.2. The molecule has 1 fully saturated rings. The molecule has 1 N–H and O–H groups in total. The smallest absolute Gasteiger partial charge is 0.141 e. The molecule has 1 atom stereocenters. The molecule has 1 aliphatic rings. The van der Waals surface area contributed by atoms with Crippen molar-refractivity contribution in [3.8, 4) is 5.75 Å². The predicted octanol–water partition coefficient (Wildman–Crippen LogP) is 1.87. The number of benzene rings is 1. The van der Waals surface area contributed by atoms with Gasteiger partial charge in [-0.25, -0.2) is 0 Å². The molecule has 88 valence electrons. The largest absolute Gasteiger partial charge is 0.489 e. The van der Waals surface area contributed by atoms with Crippen LogP contribution in [0.3, 0.4) is 0 Å². The fourth-order valence-corrected chi connectivity index (χ4v) is 2.01. The van der Waals surface area contributed by atoms with Crippen molar-refractivity contribution in [2.75, 3.05) is 19.7 Å². The Morgan fingerprint density at radius 2 is 1.81 bits per heavy atom. The van der Waals surface area contributed by atoms with E-state index in [1.165, 1.54) is 19.3 Å². The maximum atomic E-state index is 9.94. The van der Waals surface area contributed by atoms with Crippen molar-refractivity contribution >= 4 is 0 Å². The van der Waals surface area contributed by atoms with Crippen LogP contribution in [0.2, 0.25) is 0 Å². The maximum absolute atomic E-state index is 9.94. The van der Waals surface area contributed by atoms with Gasteiger partial charge in [0.1, 0.15) is 18.6 Å². The van der Waals surface area contributed by atoms with Gasteiger partial charge in [-0.2, -0.15) is 0 Å². The van der Waals surface area contributed by atoms with Crippen molar-refractivity contribution in [1.82, 2.24) is 4.90 Å². The normalized spacial score (nSPS) is 19.3. The third kappa shape index (κ3) is 3.22. The van der Waals surface area contributed by atoms with Crippen molar-refractivity contribution in [3.05, 3.63) is 30.3 Å². The van der Waals surface area contributed by atoms with Crippen molar-refractivity contribution in [1.29, 1.82) is 0 Å². The minimum absolute atomic E-state index is 0.351. The third-order valence-electron chi connectivity index (χ3n) is 2.95. The van der Waals surface area contributed by atoms with Crippen LogP contribution in [0.25, 0.3) is 0 Å². The van der Waals surface area contributed by atoms with Gasteiger partial charge in [-0.15, -0.1) is 0 Å². The average molecular weight is 221 g/mol. The second-order valence-electron chi connectivity index (χ2n) is 4.20. The predicted molar refractivity (Wildman–Crippen MR) is 63.4 cm³/mol. The number of hydrogen-bond donors (Lipinski definition) is 1. The molecular weight excluding hydrogens is 202 g/mol. The Bertz CT molecular complexity index is 296. The first-order valence-corrected chi connectivity index (χ1v) is 5.96. The number of aliphatic hydroxyl groups excluding tert-OH is 1. The van der Waals surface area contributed by atoms with Crippen molar-refractivity contribution in [2.45, 2.75) is 25.5 Å². The summed E-state index contributed by atoms with van der Waals surface area (Å²) in [6.45, 7) is 2.32. The van der Waals surface area contributed by atoms with E-state index in [1.807, 2.05) is 30.3 Å². The Balaban J connectivity index is 1.76. The highest BCUT2D eigenvalue weighted by Crippen LogP contribution is 2.13. The number of para-hydroxylation sites is 1. The molecule has 0 bridgehead atoms. The number of likely N-dealkylation sites (tertiary alicyclic amines) is 1. The van der Waals surface area contributed by atoms with Crippen molar-refractivity contribution in [2.24, 2.45) is 0 Å². The summed E-state index contributed by atoms with van der Waals surface area (Å²) in [6.07, 6.45) is 3.17. The van der Waals surface area contributed by atoms with Gasteiger partial charge in [-0.05, 0) is 25.0 Å². The fourth-order valence-electron chi connectivity index (χ4n) is 2.01. The van der Waals surface area contributed by atoms with Crippen LogP contribution in [-0.4, -0.2) is 35.9 Å². The summed E-state index contributed by atoms with van der Waals surface area (Å²) < 4.78 is 5.53. The molecule has 1 aliphatic heterocycles. The molecule has 0 radical (unpaired) electrons. The Morgan fingerprint density at radius 3 is 2.50 bits per heavy atom. The van der Waals surface area contributed by atoms with Gasteiger partial charge in [-0.1, -0.05) is 24.6 Å². The summed E-state index contributed by atoms with van der Waals surface area (Å²) in [5.74, 6) is 0.818. The lowest BCUT2D eigenvalue weighted by molar-refractivity contribution is -0.0365. The van der Waals surface area contributed by atoms with E-state index in [-0.39, 0.29) is 0 Å².